The van der Waals surface area contributed by atoms with Crippen LogP contribution in [0.3, 0.4) is 0 Å². The van der Waals surface area contributed by atoms with Crippen molar-refractivity contribution in [2.24, 2.45) is 7.05 Å². The van der Waals surface area contributed by atoms with Gasteiger partial charge in [-0.05, 0) is 18.2 Å². The van der Waals surface area contributed by atoms with E-state index in [1.54, 1.807) is 36.1 Å². The lowest BCUT2D eigenvalue weighted by molar-refractivity contribution is 0.781. The van der Waals surface area contributed by atoms with E-state index in [4.69, 9.17) is 28.9 Å². The molecule has 3 aromatic rings. The zero-order chi connectivity index (χ0) is 14.3. The molecule has 0 saturated heterocycles. The summed E-state index contributed by atoms with van der Waals surface area (Å²) < 4.78 is 1.59. The summed E-state index contributed by atoms with van der Waals surface area (Å²) >= 11 is 12.6. The predicted octanol–water partition coefficient (Wildman–Crippen LogP) is 3.37. The Morgan fingerprint density at radius 1 is 1.15 bits per heavy atom. The minimum Gasteiger partial charge on any atom is -0.383 e. The number of nitrogens with one attached hydrogen (secondary N) is 1. The van der Waals surface area contributed by atoms with Crippen molar-refractivity contribution in [3.05, 3.63) is 40.5 Å². The Labute approximate surface area is 125 Å². The van der Waals surface area contributed by atoms with Crippen LogP contribution in [-0.4, -0.2) is 20.0 Å². The van der Waals surface area contributed by atoms with E-state index in [-0.39, 0.29) is 0 Å². The Hall–Kier alpha value is -1.98. The predicted molar refractivity (Wildman–Crippen MR) is 80.7 cm³/mol. The summed E-state index contributed by atoms with van der Waals surface area (Å²) in [5.41, 5.74) is 8.92. The van der Waals surface area contributed by atoms with Crippen LogP contribution in [0.25, 0.3) is 22.5 Å². The van der Waals surface area contributed by atoms with Gasteiger partial charge in [0, 0.05) is 18.8 Å². The standard InChI is InChI=1S/C13H11Cl2N5/c1-20-13(16)11(10-7(14)3-2-4-8(10)15)12(19-20)9-5-6-17-18-9/h2-6H,16H2,1H3,(H,17,18). The van der Waals surface area contributed by atoms with E-state index in [0.29, 0.717) is 32.7 Å². The molecular weight excluding hydrogens is 297 g/mol. The second kappa shape index (κ2) is 4.85. The van der Waals surface area contributed by atoms with Gasteiger partial charge >= 0.3 is 0 Å². The molecule has 0 amide bonds. The number of H-pyrrole nitrogens is 1. The molecule has 7 heteroatoms. The van der Waals surface area contributed by atoms with Crippen molar-refractivity contribution in [1.29, 1.82) is 0 Å². The summed E-state index contributed by atoms with van der Waals surface area (Å²) in [4.78, 5) is 0. The third-order valence-corrected chi connectivity index (χ3v) is 3.69. The van der Waals surface area contributed by atoms with Crippen molar-refractivity contribution < 1.29 is 0 Å². The first-order valence-electron chi connectivity index (χ1n) is 5.86. The Bertz CT molecular complexity index is 741. The van der Waals surface area contributed by atoms with Gasteiger partial charge in [0.15, 0.2) is 0 Å². The zero-order valence-electron chi connectivity index (χ0n) is 10.6. The number of hydrogen-bond acceptors (Lipinski definition) is 3. The smallest absolute Gasteiger partial charge is 0.130 e. The number of nitrogens with two attached hydrogens (primary N) is 1. The molecule has 3 rings (SSSR count). The molecule has 2 heterocycles. The van der Waals surface area contributed by atoms with Crippen LogP contribution in [0, 0.1) is 0 Å². The van der Waals surface area contributed by atoms with E-state index in [1.807, 2.05) is 6.07 Å². The van der Waals surface area contributed by atoms with Crippen molar-refractivity contribution in [1.82, 2.24) is 20.0 Å². The first-order chi connectivity index (χ1) is 9.59. The summed E-state index contributed by atoms with van der Waals surface area (Å²) in [6.45, 7) is 0. The number of nitrogen functional groups attached to an aromatic ring is 1. The number of hydrogen-bond donors (Lipinski definition) is 2. The van der Waals surface area contributed by atoms with Crippen LogP contribution in [0.15, 0.2) is 30.5 Å². The van der Waals surface area contributed by atoms with Crippen LogP contribution in [0.2, 0.25) is 10.0 Å². The molecule has 0 fully saturated rings. The fourth-order valence-electron chi connectivity index (χ4n) is 2.10. The molecule has 0 atom stereocenters. The van der Waals surface area contributed by atoms with Gasteiger partial charge < -0.3 is 5.73 Å². The van der Waals surface area contributed by atoms with Gasteiger partial charge in [-0.2, -0.15) is 10.2 Å². The fourth-order valence-corrected chi connectivity index (χ4v) is 2.68. The van der Waals surface area contributed by atoms with Crippen molar-refractivity contribution >= 4 is 29.0 Å². The quantitative estimate of drug-likeness (QED) is 0.762. The van der Waals surface area contributed by atoms with E-state index in [9.17, 15) is 0 Å². The minimum atomic E-state index is 0.490. The van der Waals surface area contributed by atoms with Crippen molar-refractivity contribution in [3.63, 3.8) is 0 Å². The topological polar surface area (TPSA) is 72.5 Å². The number of aromatic amines is 1. The molecule has 0 aliphatic carbocycles. The Balaban J connectivity index is 2.34. The number of rotatable bonds is 2. The molecular formula is C13H11Cl2N5. The average Bonchev–Trinajstić information content (AvgIpc) is 3.01. The molecule has 0 saturated carbocycles. The molecule has 102 valence electrons. The molecule has 0 aliphatic heterocycles. The van der Waals surface area contributed by atoms with Gasteiger partial charge in [-0.3, -0.25) is 9.78 Å². The molecule has 5 nitrogen and oxygen atoms in total. The van der Waals surface area contributed by atoms with Gasteiger partial charge in [-0.25, -0.2) is 0 Å². The van der Waals surface area contributed by atoms with Crippen LogP contribution in [0.1, 0.15) is 0 Å². The molecule has 20 heavy (non-hydrogen) atoms. The van der Waals surface area contributed by atoms with Crippen LogP contribution in [-0.2, 0) is 7.05 Å². The van der Waals surface area contributed by atoms with Crippen LogP contribution in [0.5, 0.6) is 0 Å². The lowest BCUT2D eigenvalue weighted by atomic mass is 10.0. The van der Waals surface area contributed by atoms with Gasteiger partial charge in [0.05, 0.1) is 21.3 Å². The van der Waals surface area contributed by atoms with E-state index in [0.717, 1.165) is 5.69 Å². The molecule has 0 unspecified atom stereocenters. The van der Waals surface area contributed by atoms with Crippen LogP contribution < -0.4 is 5.73 Å². The SMILES string of the molecule is Cn1nc(-c2ccn[nH]2)c(-c2c(Cl)cccc2Cl)c1N. The van der Waals surface area contributed by atoms with Gasteiger partial charge in [-0.15, -0.1) is 0 Å². The fraction of sp³-hybridized carbons (Fsp3) is 0.0769. The number of anilines is 1. The van der Waals surface area contributed by atoms with E-state index >= 15 is 0 Å². The second-order valence-corrected chi connectivity index (χ2v) is 5.11. The lowest BCUT2D eigenvalue weighted by Crippen LogP contribution is -1.98. The van der Waals surface area contributed by atoms with Gasteiger partial charge in [0.2, 0.25) is 0 Å². The van der Waals surface area contributed by atoms with Gasteiger partial charge in [0.1, 0.15) is 11.5 Å². The molecule has 0 radical (unpaired) electrons. The van der Waals surface area contributed by atoms with Crippen LogP contribution in [0.4, 0.5) is 5.82 Å². The second-order valence-electron chi connectivity index (χ2n) is 4.30. The summed E-state index contributed by atoms with van der Waals surface area (Å²) in [6, 6.07) is 7.14. The maximum absolute atomic E-state index is 6.28. The van der Waals surface area contributed by atoms with E-state index in [1.165, 1.54) is 0 Å². The number of benzene rings is 1. The summed E-state index contributed by atoms with van der Waals surface area (Å²) in [5, 5.41) is 12.3. The molecule has 0 aliphatic rings. The highest BCUT2D eigenvalue weighted by Gasteiger charge is 2.22. The normalized spacial score (nSPS) is 10.9. The first-order valence-corrected chi connectivity index (χ1v) is 6.61. The largest absolute Gasteiger partial charge is 0.383 e. The maximum atomic E-state index is 6.28. The summed E-state index contributed by atoms with van der Waals surface area (Å²) in [6.07, 6.45) is 1.65. The highest BCUT2D eigenvalue weighted by atomic mass is 35.5. The highest BCUT2D eigenvalue weighted by Crippen LogP contribution is 2.42. The van der Waals surface area contributed by atoms with Crippen molar-refractivity contribution in [2.75, 3.05) is 5.73 Å². The molecule has 3 N–H and O–H groups in total. The Kier molecular flexibility index (Phi) is 3.16. The third kappa shape index (κ3) is 1.95. The van der Waals surface area contributed by atoms with E-state index in [2.05, 4.69) is 15.3 Å². The average molecular weight is 308 g/mol. The van der Waals surface area contributed by atoms with Gasteiger partial charge in [0.25, 0.3) is 0 Å². The summed E-state index contributed by atoms with van der Waals surface area (Å²) in [7, 11) is 1.77. The minimum absolute atomic E-state index is 0.490. The van der Waals surface area contributed by atoms with Crippen LogP contribution >= 0.6 is 23.2 Å². The maximum Gasteiger partial charge on any atom is 0.130 e. The monoisotopic (exact) mass is 307 g/mol. The highest BCUT2D eigenvalue weighted by molar-refractivity contribution is 6.39. The molecule has 1 aromatic carbocycles. The van der Waals surface area contributed by atoms with E-state index < -0.39 is 0 Å². The number of aryl methyl sites for hydroxylation is 1. The number of aromatic nitrogens is 4. The Morgan fingerprint density at radius 2 is 1.85 bits per heavy atom. The molecule has 0 bridgehead atoms. The van der Waals surface area contributed by atoms with Gasteiger partial charge in [-0.1, -0.05) is 29.3 Å². The third-order valence-electron chi connectivity index (χ3n) is 3.06. The Morgan fingerprint density at radius 3 is 2.45 bits per heavy atom. The number of nitrogens with zero attached hydrogens (tertiary/aromatic N) is 3. The van der Waals surface area contributed by atoms with Crippen molar-refractivity contribution in [3.8, 4) is 22.5 Å². The van der Waals surface area contributed by atoms with Crippen molar-refractivity contribution in [2.45, 2.75) is 0 Å². The first kappa shape index (κ1) is 13.0. The molecule has 0 spiro atoms. The number of halogens is 2. The zero-order valence-corrected chi connectivity index (χ0v) is 12.1. The lowest BCUT2D eigenvalue weighted by Gasteiger charge is -2.08. The summed E-state index contributed by atoms with van der Waals surface area (Å²) in [5.74, 6) is 0.490. The molecule has 2 aromatic heterocycles.